The number of carbonyl (C=O) groups is 1. The molecule has 1 aromatic carbocycles. The summed E-state index contributed by atoms with van der Waals surface area (Å²) < 4.78 is 12.4. The number of pyridine rings is 1. The van der Waals surface area contributed by atoms with E-state index in [4.69, 9.17) is 9.47 Å². The molecule has 0 aliphatic carbocycles. The zero-order valence-electron chi connectivity index (χ0n) is 17.2. The summed E-state index contributed by atoms with van der Waals surface area (Å²) in [6.07, 6.45) is 1.94. The molecule has 1 amide bonds. The predicted octanol–water partition coefficient (Wildman–Crippen LogP) is 1.39. The molecule has 3 rings (SSSR count). The Hall–Kier alpha value is -3.62. The maximum atomic E-state index is 12.5. The summed E-state index contributed by atoms with van der Waals surface area (Å²) in [6, 6.07) is 7.12. The van der Waals surface area contributed by atoms with Gasteiger partial charge in [-0.2, -0.15) is 0 Å². The predicted molar refractivity (Wildman–Crippen MR) is 112 cm³/mol. The van der Waals surface area contributed by atoms with Crippen LogP contribution in [0.5, 0.6) is 11.5 Å². The Morgan fingerprint density at radius 1 is 1.13 bits per heavy atom. The fourth-order valence-electron chi connectivity index (χ4n) is 3.03. The van der Waals surface area contributed by atoms with Crippen molar-refractivity contribution in [3.05, 3.63) is 62.4 Å². The highest BCUT2D eigenvalue weighted by Crippen LogP contribution is 2.28. The summed E-state index contributed by atoms with van der Waals surface area (Å²) in [5.41, 5.74) is 0.323. The number of aromatic nitrogens is 3. The van der Waals surface area contributed by atoms with Gasteiger partial charge < -0.3 is 14.8 Å². The summed E-state index contributed by atoms with van der Waals surface area (Å²) in [7, 11) is 1.50. The number of hydrogen-bond donors (Lipinski definition) is 2. The molecule has 0 bridgehead atoms. The van der Waals surface area contributed by atoms with Crippen LogP contribution in [0.3, 0.4) is 0 Å². The standard InChI is InChI=1S/C21H24N4O5/c1-4-29-16-7-6-13(10-17(16)30-5-2)8-9-22-19(26)14-11-15-18(23-12-14)25(3)21(28)24-20(15)27/h6-7,10-12H,4-5,8-9H2,1-3H3,(H,22,26)(H,24,27,28). The van der Waals surface area contributed by atoms with Crippen molar-refractivity contribution >= 4 is 16.9 Å². The van der Waals surface area contributed by atoms with Crippen LogP contribution in [0.4, 0.5) is 0 Å². The van der Waals surface area contributed by atoms with Crippen molar-refractivity contribution in [2.75, 3.05) is 19.8 Å². The number of nitrogens with one attached hydrogen (secondary N) is 2. The number of H-pyrrole nitrogens is 1. The van der Waals surface area contributed by atoms with E-state index in [-0.39, 0.29) is 22.5 Å². The zero-order valence-corrected chi connectivity index (χ0v) is 17.2. The third kappa shape index (κ3) is 4.51. The zero-order chi connectivity index (χ0) is 21.7. The van der Waals surface area contributed by atoms with Gasteiger partial charge in [-0.3, -0.25) is 19.1 Å². The van der Waals surface area contributed by atoms with Crippen LogP contribution in [-0.4, -0.2) is 40.2 Å². The van der Waals surface area contributed by atoms with Gasteiger partial charge in [-0.05, 0) is 44.0 Å². The lowest BCUT2D eigenvalue weighted by Crippen LogP contribution is -2.30. The first-order valence-corrected chi connectivity index (χ1v) is 9.70. The number of rotatable bonds is 8. The number of hydrogen-bond acceptors (Lipinski definition) is 6. The van der Waals surface area contributed by atoms with Gasteiger partial charge in [0.05, 0.1) is 24.2 Å². The van der Waals surface area contributed by atoms with E-state index in [1.165, 1.54) is 23.9 Å². The highest BCUT2D eigenvalue weighted by Gasteiger charge is 2.12. The van der Waals surface area contributed by atoms with E-state index in [0.717, 1.165) is 5.56 Å². The molecule has 158 valence electrons. The average molecular weight is 412 g/mol. The fourth-order valence-corrected chi connectivity index (χ4v) is 3.03. The maximum absolute atomic E-state index is 12.5. The van der Waals surface area contributed by atoms with Crippen molar-refractivity contribution in [2.24, 2.45) is 7.05 Å². The van der Waals surface area contributed by atoms with E-state index >= 15 is 0 Å². The van der Waals surface area contributed by atoms with Gasteiger partial charge in [0.15, 0.2) is 11.5 Å². The summed E-state index contributed by atoms with van der Waals surface area (Å²) in [5.74, 6) is 1.01. The molecule has 0 atom stereocenters. The van der Waals surface area contributed by atoms with E-state index in [1.54, 1.807) is 0 Å². The van der Waals surface area contributed by atoms with Gasteiger partial charge >= 0.3 is 5.69 Å². The Bertz CT molecular complexity index is 1180. The second-order valence-corrected chi connectivity index (χ2v) is 6.57. The third-order valence-electron chi connectivity index (χ3n) is 4.52. The molecule has 0 aliphatic heterocycles. The lowest BCUT2D eigenvalue weighted by atomic mass is 10.1. The van der Waals surface area contributed by atoms with Crippen LogP contribution in [0.1, 0.15) is 29.8 Å². The summed E-state index contributed by atoms with van der Waals surface area (Å²) in [6.45, 7) is 5.28. The molecule has 2 heterocycles. The van der Waals surface area contributed by atoms with Crippen molar-refractivity contribution in [3.63, 3.8) is 0 Å². The molecule has 0 spiro atoms. The molecule has 0 saturated carbocycles. The van der Waals surface area contributed by atoms with Crippen LogP contribution in [0.25, 0.3) is 11.0 Å². The second kappa shape index (κ2) is 9.25. The summed E-state index contributed by atoms with van der Waals surface area (Å²) in [4.78, 5) is 42.4. The first-order chi connectivity index (χ1) is 14.4. The van der Waals surface area contributed by atoms with E-state index in [9.17, 15) is 14.4 Å². The van der Waals surface area contributed by atoms with Crippen molar-refractivity contribution in [3.8, 4) is 11.5 Å². The number of amides is 1. The summed E-state index contributed by atoms with van der Waals surface area (Å²) >= 11 is 0. The Morgan fingerprint density at radius 2 is 1.87 bits per heavy atom. The largest absolute Gasteiger partial charge is 0.490 e. The van der Waals surface area contributed by atoms with Gasteiger partial charge in [-0.15, -0.1) is 0 Å². The smallest absolute Gasteiger partial charge is 0.329 e. The van der Waals surface area contributed by atoms with Gasteiger partial charge in [-0.25, -0.2) is 9.78 Å². The average Bonchev–Trinajstić information content (AvgIpc) is 2.74. The van der Waals surface area contributed by atoms with E-state index in [1.807, 2.05) is 32.0 Å². The molecule has 2 aromatic heterocycles. The van der Waals surface area contributed by atoms with Crippen molar-refractivity contribution in [1.29, 1.82) is 0 Å². The number of ether oxygens (including phenoxy) is 2. The van der Waals surface area contributed by atoms with Crippen LogP contribution in [0, 0.1) is 0 Å². The fraction of sp³-hybridized carbons (Fsp3) is 0.333. The molecule has 0 radical (unpaired) electrons. The lowest BCUT2D eigenvalue weighted by Gasteiger charge is -2.12. The molecule has 0 unspecified atom stereocenters. The number of nitrogens with zero attached hydrogens (tertiary/aromatic N) is 2. The number of aryl methyl sites for hydroxylation is 1. The molecule has 30 heavy (non-hydrogen) atoms. The Morgan fingerprint density at radius 3 is 2.60 bits per heavy atom. The summed E-state index contributed by atoms with van der Waals surface area (Å²) in [5, 5.41) is 3.00. The molecular weight excluding hydrogens is 388 g/mol. The SMILES string of the molecule is CCOc1ccc(CCNC(=O)c2cnc3c(c2)c(=O)[nH]c(=O)n3C)cc1OCC. The van der Waals surface area contributed by atoms with E-state index in [0.29, 0.717) is 37.7 Å². The van der Waals surface area contributed by atoms with Gasteiger partial charge in [0.25, 0.3) is 11.5 Å². The Labute approximate surface area is 172 Å². The Balaban J connectivity index is 1.69. The molecule has 0 aliphatic rings. The second-order valence-electron chi connectivity index (χ2n) is 6.57. The number of carbonyl (C=O) groups excluding carboxylic acids is 1. The minimum atomic E-state index is -0.576. The highest BCUT2D eigenvalue weighted by atomic mass is 16.5. The molecule has 9 nitrogen and oxygen atoms in total. The maximum Gasteiger partial charge on any atom is 0.329 e. The van der Waals surface area contributed by atoms with Crippen LogP contribution in [0.2, 0.25) is 0 Å². The normalized spacial score (nSPS) is 10.8. The van der Waals surface area contributed by atoms with Crippen LogP contribution in [0.15, 0.2) is 40.1 Å². The molecule has 9 heteroatoms. The van der Waals surface area contributed by atoms with Crippen LogP contribution < -0.4 is 26.0 Å². The minimum Gasteiger partial charge on any atom is -0.490 e. The number of aromatic amines is 1. The Kier molecular flexibility index (Phi) is 6.51. The minimum absolute atomic E-state index is 0.178. The van der Waals surface area contributed by atoms with Crippen LogP contribution in [-0.2, 0) is 13.5 Å². The number of fused-ring (bicyclic) bond motifs is 1. The van der Waals surface area contributed by atoms with Gasteiger partial charge in [-0.1, -0.05) is 6.07 Å². The highest BCUT2D eigenvalue weighted by molar-refractivity contribution is 5.96. The topological polar surface area (TPSA) is 115 Å². The molecular formula is C21H24N4O5. The molecule has 2 N–H and O–H groups in total. The molecule has 0 saturated heterocycles. The van der Waals surface area contributed by atoms with E-state index in [2.05, 4.69) is 15.3 Å². The number of benzene rings is 1. The third-order valence-corrected chi connectivity index (χ3v) is 4.52. The monoisotopic (exact) mass is 412 g/mol. The van der Waals surface area contributed by atoms with Gasteiger partial charge in [0.2, 0.25) is 0 Å². The van der Waals surface area contributed by atoms with Gasteiger partial charge in [0, 0.05) is 19.8 Å². The van der Waals surface area contributed by atoms with Crippen molar-refractivity contribution in [2.45, 2.75) is 20.3 Å². The van der Waals surface area contributed by atoms with E-state index < -0.39 is 11.2 Å². The quantitative estimate of drug-likeness (QED) is 0.578. The van der Waals surface area contributed by atoms with Crippen molar-refractivity contribution in [1.82, 2.24) is 19.9 Å². The first kappa shape index (κ1) is 21.1. The van der Waals surface area contributed by atoms with Crippen LogP contribution >= 0.6 is 0 Å². The van der Waals surface area contributed by atoms with Crippen molar-refractivity contribution < 1.29 is 14.3 Å². The lowest BCUT2D eigenvalue weighted by molar-refractivity contribution is 0.0954. The molecule has 3 aromatic rings. The van der Waals surface area contributed by atoms with Gasteiger partial charge in [0.1, 0.15) is 5.65 Å². The first-order valence-electron chi connectivity index (χ1n) is 9.70. The molecule has 0 fully saturated rings.